The average Bonchev–Trinajstić information content (AvgIpc) is 3.62. The topological polar surface area (TPSA) is 88.7 Å². The number of benzene rings is 1. The highest BCUT2D eigenvalue weighted by Crippen LogP contribution is 2.41. The van der Waals surface area contributed by atoms with Crippen LogP contribution >= 0.6 is 0 Å². The van der Waals surface area contributed by atoms with Crippen molar-refractivity contribution < 1.29 is 14.6 Å². The van der Waals surface area contributed by atoms with Crippen molar-refractivity contribution in [3.63, 3.8) is 0 Å². The minimum Gasteiger partial charge on any atom is -0.396 e. The minimum absolute atomic E-state index is 0.0898. The molecular weight excluding hydrogens is 444 g/mol. The van der Waals surface area contributed by atoms with E-state index >= 15 is 0 Å². The van der Waals surface area contributed by atoms with Gasteiger partial charge in [0.05, 0.1) is 25.4 Å². The van der Waals surface area contributed by atoms with Gasteiger partial charge in [0.15, 0.2) is 5.82 Å². The molecule has 9 nitrogen and oxygen atoms in total. The summed E-state index contributed by atoms with van der Waals surface area (Å²) in [7, 11) is 1.92. The summed E-state index contributed by atoms with van der Waals surface area (Å²) in [4.78, 5) is 16.4. The van der Waals surface area contributed by atoms with Crippen molar-refractivity contribution in [1.82, 2.24) is 24.5 Å². The van der Waals surface area contributed by atoms with E-state index in [1.54, 1.807) is 6.92 Å². The zero-order valence-corrected chi connectivity index (χ0v) is 20.4. The number of rotatable bonds is 4. The Labute approximate surface area is 204 Å². The van der Waals surface area contributed by atoms with Crippen LogP contribution in [0, 0.1) is 5.92 Å². The molecule has 0 saturated carbocycles. The van der Waals surface area contributed by atoms with Gasteiger partial charge >= 0.3 is 0 Å². The molecule has 184 valence electrons. The number of nitrogens with zero attached hydrogens (tertiary/aromatic N) is 6. The van der Waals surface area contributed by atoms with Gasteiger partial charge in [-0.2, -0.15) is 10.2 Å². The van der Waals surface area contributed by atoms with E-state index in [0.29, 0.717) is 26.2 Å². The Morgan fingerprint density at radius 1 is 1.29 bits per heavy atom. The second-order valence-corrected chi connectivity index (χ2v) is 10.0. The average molecular weight is 477 g/mol. The molecule has 3 aliphatic heterocycles. The highest BCUT2D eigenvalue weighted by atomic mass is 16.5. The Morgan fingerprint density at radius 3 is 2.89 bits per heavy atom. The van der Waals surface area contributed by atoms with Crippen LogP contribution < -0.4 is 4.90 Å². The Bertz CT molecular complexity index is 1260. The minimum atomic E-state index is 0.0898. The zero-order valence-electron chi connectivity index (χ0n) is 20.4. The lowest BCUT2D eigenvalue weighted by Gasteiger charge is -2.36. The summed E-state index contributed by atoms with van der Waals surface area (Å²) in [6.45, 7) is 5.16. The number of aliphatic hydroxyl groups is 1. The Hall–Kier alpha value is -3.17. The predicted octanol–water partition coefficient (Wildman–Crippen LogP) is 2.45. The number of amides is 1. The number of hydrogen-bond donors (Lipinski definition) is 1. The SMILES string of the molecule is CC(=O)N1CCc2c(c(N3CC(CO)Cc4cc(-c5cnn(C)c5)ccc43)nn2[C@H]2CCOC2)C1. The summed E-state index contributed by atoms with van der Waals surface area (Å²) in [5, 5.41) is 19.7. The second-order valence-electron chi connectivity index (χ2n) is 10.0. The van der Waals surface area contributed by atoms with E-state index in [0.717, 1.165) is 54.1 Å². The molecule has 1 unspecified atom stereocenters. The quantitative estimate of drug-likeness (QED) is 0.622. The zero-order chi connectivity index (χ0) is 24.1. The van der Waals surface area contributed by atoms with Gasteiger partial charge in [-0.25, -0.2) is 0 Å². The predicted molar refractivity (Wildman–Crippen MR) is 131 cm³/mol. The van der Waals surface area contributed by atoms with Gasteiger partial charge in [0.25, 0.3) is 0 Å². The molecule has 6 rings (SSSR count). The number of anilines is 2. The lowest BCUT2D eigenvalue weighted by atomic mass is 9.90. The number of carbonyl (C=O) groups excluding carboxylic acids is 1. The fourth-order valence-electron chi connectivity index (χ4n) is 5.75. The van der Waals surface area contributed by atoms with Crippen LogP contribution in [-0.4, -0.2) is 68.4 Å². The van der Waals surface area contributed by atoms with Gasteiger partial charge in [-0.1, -0.05) is 6.07 Å². The van der Waals surface area contributed by atoms with Crippen molar-refractivity contribution in [2.75, 3.05) is 37.8 Å². The van der Waals surface area contributed by atoms with Gasteiger partial charge in [-0.15, -0.1) is 0 Å². The molecule has 0 bridgehead atoms. The highest BCUT2D eigenvalue weighted by Gasteiger charge is 2.35. The molecule has 3 aromatic rings. The molecule has 0 aliphatic carbocycles. The van der Waals surface area contributed by atoms with E-state index in [1.807, 2.05) is 29.0 Å². The number of ether oxygens (including phenoxy) is 1. The molecule has 1 saturated heterocycles. The van der Waals surface area contributed by atoms with E-state index in [4.69, 9.17) is 9.84 Å². The molecular formula is C26H32N6O3. The van der Waals surface area contributed by atoms with Crippen LogP contribution in [0.15, 0.2) is 30.6 Å². The maximum Gasteiger partial charge on any atom is 0.219 e. The van der Waals surface area contributed by atoms with Gasteiger partial charge in [-0.3, -0.25) is 14.2 Å². The summed E-state index contributed by atoms with van der Waals surface area (Å²) in [5.41, 5.74) is 6.86. The third-order valence-corrected chi connectivity index (χ3v) is 7.63. The molecule has 0 radical (unpaired) electrons. The van der Waals surface area contributed by atoms with Gasteiger partial charge in [0.2, 0.25) is 5.91 Å². The van der Waals surface area contributed by atoms with Crippen molar-refractivity contribution in [2.45, 2.75) is 38.8 Å². The van der Waals surface area contributed by atoms with Crippen LogP contribution in [0.4, 0.5) is 11.5 Å². The monoisotopic (exact) mass is 476 g/mol. The molecule has 3 aliphatic rings. The van der Waals surface area contributed by atoms with Crippen LogP contribution in [-0.2, 0) is 36.0 Å². The van der Waals surface area contributed by atoms with Gasteiger partial charge < -0.3 is 19.6 Å². The summed E-state index contributed by atoms with van der Waals surface area (Å²) in [5.74, 6) is 1.10. The van der Waals surface area contributed by atoms with Crippen LogP contribution in [0.2, 0.25) is 0 Å². The highest BCUT2D eigenvalue weighted by molar-refractivity contribution is 5.76. The number of carbonyl (C=O) groups is 1. The molecule has 9 heteroatoms. The first-order chi connectivity index (χ1) is 17.0. The first kappa shape index (κ1) is 22.3. The van der Waals surface area contributed by atoms with Crippen LogP contribution in [0.3, 0.4) is 0 Å². The third kappa shape index (κ3) is 3.92. The normalized spacial score (nSPS) is 21.8. The van der Waals surface area contributed by atoms with Gasteiger partial charge in [0.1, 0.15) is 0 Å². The molecule has 5 heterocycles. The lowest BCUT2D eigenvalue weighted by Crippen LogP contribution is -2.37. The maximum atomic E-state index is 12.3. The van der Waals surface area contributed by atoms with E-state index < -0.39 is 0 Å². The smallest absolute Gasteiger partial charge is 0.219 e. The van der Waals surface area contributed by atoms with Crippen LogP contribution in [0.5, 0.6) is 0 Å². The maximum absolute atomic E-state index is 12.3. The molecule has 1 aromatic carbocycles. The number of hydrogen-bond acceptors (Lipinski definition) is 6. The molecule has 35 heavy (non-hydrogen) atoms. The molecule has 1 fully saturated rings. The molecule has 1 amide bonds. The van der Waals surface area contributed by atoms with Crippen molar-refractivity contribution in [2.24, 2.45) is 13.0 Å². The van der Waals surface area contributed by atoms with E-state index in [2.05, 4.69) is 32.9 Å². The van der Waals surface area contributed by atoms with Crippen molar-refractivity contribution in [3.8, 4) is 11.1 Å². The molecule has 2 atom stereocenters. The number of aryl methyl sites for hydroxylation is 1. The molecule has 0 spiro atoms. The van der Waals surface area contributed by atoms with Crippen molar-refractivity contribution in [3.05, 3.63) is 47.4 Å². The molecule has 1 N–H and O–H groups in total. The van der Waals surface area contributed by atoms with E-state index in [-0.39, 0.29) is 24.5 Å². The lowest BCUT2D eigenvalue weighted by molar-refractivity contribution is -0.129. The van der Waals surface area contributed by atoms with Crippen molar-refractivity contribution >= 4 is 17.4 Å². The second kappa shape index (κ2) is 8.80. The summed E-state index contributed by atoms with van der Waals surface area (Å²) in [6.07, 6.45) is 6.46. The first-order valence-corrected chi connectivity index (χ1v) is 12.5. The first-order valence-electron chi connectivity index (χ1n) is 12.5. The standard InChI is InChI=1S/C26H32N6O3/c1-17(34)30-7-5-25-23(14-30)26(28-32(25)22-6-8-35-16-22)31-12-18(15-33)9-20-10-19(3-4-24(20)31)21-11-27-29(2)13-21/h3-4,10-11,13,18,22,33H,5-9,12,14-16H2,1-2H3/t18?,22-/m0/s1. The van der Waals surface area contributed by atoms with E-state index in [9.17, 15) is 9.90 Å². The summed E-state index contributed by atoms with van der Waals surface area (Å²) in [6, 6.07) is 6.75. The van der Waals surface area contributed by atoms with Gasteiger partial charge in [-0.05, 0) is 36.1 Å². The van der Waals surface area contributed by atoms with E-state index in [1.165, 1.54) is 11.3 Å². The van der Waals surface area contributed by atoms with Crippen LogP contribution in [0.25, 0.3) is 11.1 Å². The Balaban J connectivity index is 1.45. The Morgan fingerprint density at radius 2 is 2.17 bits per heavy atom. The summed E-state index contributed by atoms with van der Waals surface area (Å²) < 4.78 is 9.66. The number of aliphatic hydroxyl groups excluding tert-OH is 1. The number of aromatic nitrogens is 4. The Kier molecular flexibility index (Phi) is 5.61. The van der Waals surface area contributed by atoms with Crippen molar-refractivity contribution in [1.29, 1.82) is 0 Å². The van der Waals surface area contributed by atoms with Gasteiger partial charge in [0, 0.05) is 81.3 Å². The third-order valence-electron chi connectivity index (χ3n) is 7.63. The summed E-state index contributed by atoms with van der Waals surface area (Å²) >= 11 is 0. The number of fused-ring (bicyclic) bond motifs is 2. The largest absolute Gasteiger partial charge is 0.396 e. The van der Waals surface area contributed by atoms with Crippen LogP contribution in [0.1, 0.15) is 36.2 Å². The fourth-order valence-corrected chi connectivity index (χ4v) is 5.75. The molecule has 2 aromatic heterocycles. The fraction of sp³-hybridized carbons (Fsp3) is 0.500.